The molecule has 2 aromatic rings. The minimum Gasteiger partial charge on any atom is -0.452 e. The number of rotatable bonds is 3. The summed E-state index contributed by atoms with van der Waals surface area (Å²) >= 11 is 0. The number of halogens is 1. The molecule has 4 heteroatoms. The first kappa shape index (κ1) is 15.9. The molecule has 0 amide bonds. The van der Waals surface area contributed by atoms with Crippen LogP contribution in [0.25, 0.3) is 6.08 Å². The van der Waals surface area contributed by atoms with Gasteiger partial charge in [-0.2, -0.15) is 0 Å². The normalized spacial score (nSPS) is 23.7. The fourth-order valence-electron chi connectivity index (χ4n) is 3.72. The number of nitrogens with zero attached hydrogens (tertiary/aromatic N) is 1. The zero-order valence-electron chi connectivity index (χ0n) is 13.9. The largest absolute Gasteiger partial charge is 0.452 e. The highest BCUT2D eigenvalue weighted by atomic mass is 19.1. The molecule has 0 spiro atoms. The molecule has 1 unspecified atom stereocenters. The molecule has 0 aromatic heterocycles. The van der Waals surface area contributed by atoms with E-state index in [0.717, 1.165) is 31.6 Å². The van der Waals surface area contributed by atoms with Crippen molar-refractivity contribution in [3.8, 4) is 0 Å². The van der Waals surface area contributed by atoms with Gasteiger partial charge in [0, 0.05) is 24.6 Å². The van der Waals surface area contributed by atoms with Gasteiger partial charge in [0.05, 0.1) is 11.3 Å². The average molecular weight is 337 g/mol. The first-order valence-corrected chi connectivity index (χ1v) is 8.69. The molecule has 0 saturated carbocycles. The Morgan fingerprint density at radius 3 is 2.44 bits per heavy atom. The second-order valence-corrected chi connectivity index (χ2v) is 6.61. The summed E-state index contributed by atoms with van der Waals surface area (Å²) in [6.07, 6.45) is 3.53. The molecule has 3 fully saturated rings. The van der Waals surface area contributed by atoms with Gasteiger partial charge in [0.1, 0.15) is 11.9 Å². The number of benzene rings is 2. The molecule has 3 aliphatic rings. The van der Waals surface area contributed by atoms with Crippen molar-refractivity contribution in [2.24, 2.45) is 5.92 Å². The molecule has 0 radical (unpaired) electrons. The van der Waals surface area contributed by atoms with Crippen LogP contribution in [0.1, 0.15) is 28.8 Å². The van der Waals surface area contributed by atoms with E-state index in [1.165, 1.54) is 6.07 Å². The highest BCUT2D eigenvalue weighted by molar-refractivity contribution is 5.89. The molecule has 3 nitrogen and oxygen atoms in total. The van der Waals surface area contributed by atoms with E-state index in [2.05, 4.69) is 4.90 Å². The Hall–Kier alpha value is -2.62. The Bertz CT molecular complexity index is 795. The molecule has 2 bridgehead atoms. The van der Waals surface area contributed by atoms with E-state index in [1.54, 1.807) is 24.3 Å². The third-order valence-corrected chi connectivity index (χ3v) is 5.08. The van der Waals surface area contributed by atoms with Crippen LogP contribution >= 0.6 is 0 Å². The summed E-state index contributed by atoms with van der Waals surface area (Å²) in [6, 6.07) is 15.7. The van der Waals surface area contributed by atoms with Gasteiger partial charge in [-0.15, -0.1) is 0 Å². The lowest BCUT2D eigenvalue weighted by Gasteiger charge is -2.47. The monoisotopic (exact) mass is 337 g/mol. The van der Waals surface area contributed by atoms with Gasteiger partial charge in [-0.25, -0.2) is 9.18 Å². The van der Waals surface area contributed by atoms with Crippen molar-refractivity contribution in [3.05, 3.63) is 77.2 Å². The molecule has 1 atom stereocenters. The van der Waals surface area contributed by atoms with Gasteiger partial charge in [-0.05, 0) is 37.1 Å². The molecule has 3 saturated heterocycles. The van der Waals surface area contributed by atoms with Crippen molar-refractivity contribution in [2.45, 2.75) is 18.9 Å². The van der Waals surface area contributed by atoms with Crippen LogP contribution < -0.4 is 0 Å². The highest BCUT2D eigenvalue weighted by Crippen LogP contribution is 2.38. The third kappa shape index (κ3) is 3.16. The highest BCUT2D eigenvalue weighted by Gasteiger charge is 2.40. The average Bonchev–Trinajstić information content (AvgIpc) is 2.66. The fourth-order valence-corrected chi connectivity index (χ4v) is 3.72. The molecule has 5 rings (SSSR count). The van der Waals surface area contributed by atoms with Crippen molar-refractivity contribution in [1.29, 1.82) is 0 Å². The van der Waals surface area contributed by atoms with Crippen molar-refractivity contribution in [3.63, 3.8) is 0 Å². The number of esters is 1. The molecule has 25 heavy (non-hydrogen) atoms. The van der Waals surface area contributed by atoms with Gasteiger partial charge in [0.15, 0.2) is 0 Å². The van der Waals surface area contributed by atoms with E-state index in [1.807, 2.05) is 30.3 Å². The lowest BCUT2D eigenvalue weighted by atomic mass is 9.82. The molecular formula is C21H20FNO2. The van der Waals surface area contributed by atoms with Crippen LogP contribution in [0.4, 0.5) is 4.39 Å². The predicted octanol–water partition coefficient (Wildman–Crippen LogP) is 4.12. The summed E-state index contributed by atoms with van der Waals surface area (Å²) in [5.74, 6) is -0.278. The van der Waals surface area contributed by atoms with E-state index < -0.39 is 0 Å². The lowest BCUT2D eigenvalue weighted by Crippen LogP contribution is -2.50. The summed E-state index contributed by atoms with van der Waals surface area (Å²) in [5, 5.41) is 0. The number of ether oxygens (including phenoxy) is 1. The number of carbonyl (C=O) groups excluding carboxylic acids is 1. The summed E-state index contributed by atoms with van der Waals surface area (Å²) < 4.78 is 19.9. The minimum atomic E-state index is -0.321. The molecule has 3 heterocycles. The van der Waals surface area contributed by atoms with E-state index in [9.17, 15) is 9.18 Å². The van der Waals surface area contributed by atoms with Crippen molar-refractivity contribution < 1.29 is 13.9 Å². The zero-order chi connectivity index (χ0) is 17.2. The molecular weight excluding hydrogens is 317 g/mol. The quantitative estimate of drug-likeness (QED) is 0.789. The zero-order valence-corrected chi connectivity index (χ0v) is 13.9. The van der Waals surface area contributed by atoms with Crippen molar-refractivity contribution >= 4 is 12.0 Å². The van der Waals surface area contributed by atoms with Gasteiger partial charge < -0.3 is 9.64 Å². The Kier molecular flexibility index (Phi) is 4.26. The Balaban J connectivity index is 1.64. The van der Waals surface area contributed by atoms with Gasteiger partial charge >= 0.3 is 5.97 Å². The Labute approximate surface area is 146 Å². The number of carbonyl (C=O) groups is 1. The first-order chi connectivity index (χ1) is 12.2. The minimum absolute atomic E-state index is 0.259. The predicted molar refractivity (Wildman–Crippen MR) is 94.3 cm³/mol. The molecule has 3 aliphatic heterocycles. The van der Waals surface area contributed by atoms with Gasteiger partial charge in [-0.1, -0.05) is 36.4 Å². The first-order valence-electron chi connectivity index (χ1n) is 8.69. The van der Waals surface area contributed by atoms with E-state index >= 15 is 0 Å². The number of hydrogen-bond acceptors (Lipinski definition) is 3. The molecule has 2 aromatic carbocycles. The smallest absolute Gasteiger partial charge is 0.338 e. The number of piperidine rings is 3. The van der Waals surface area contributed by atoms with Crippen LogP contribution in [-0.2, 0) is 4.74 Å². The standard InChI is InChI=1S/C21H20FNO2/c22-18-9-5-4-8-17(18)14-19-20(15-10-12-23(19)13-11-15)25-21(24)16-6-2-1-3-7-16/h1-9,14-15,20H,10-13H2/b19-14-. The maximum Gasteiger partial charge on any atom is 0.338 e. The van der Waals surface area contributed by atoms with Gasteiger partial charge in [0.25, 0.3) is 0 Å². The van der Waals surface area contributed by atoms with Crippen LogP contribution in [0.5, 0.6) is 0 Å². The molecule has 0 aliphatic carbocycles. The molecule has 0 N–H and O–H groups in total. The second kappa shape index (κ2) is 6.71. The molecule has 128 valence electrons. The maximum absolute atomic E-state index is 14.1. The van der Waals surface area contributed by atoms with Crippen LogP contribution in [0.2, 0.25) is 0 Å². The summed E-state index contributed by atoms with van der Waals surface area (Å²) in [5.41, 5.74) is 1.99. The van der Waals surface area contributed by atoms with Crippen LogP contribution in [0.15, 0.2) is 60.3 Å². The fraction of sp³-hybridized carbons (Fsp3) is 0.286. The van der Waals surface area contributed by atoms with Crippen LogP contribution in [-0.4, -0.2) is 30.1 Å². The topological polar surface area (TPSA) is 29.5 Å². The number of fused-ring (bicyclic) bond motifs is 3. The van der Waals surface area contributed by atoms with Crippen LogP contribution in [0.3, 0.4) is 0 Å². The van der Waals surface area contributed by atoms with E-state index in [-0.39, 0.29) is 17.9 Å². The van der Waals surface area contributed by atoms with Crippen molar-refractivity contribution in [2.75, 3.05) is 13.1 Å². The Morgan fingerprint density at radius 2 is 1.72 bits per heavy atom. The second-order valence-electron chi connectivity index (χ2n) is 6.61. The van der Waals surface area contributed by atoms with Crippen LogP contribution in [0, 0.1) is 11.7 Å². The van der Waals surface area contributed by atoms with Gasteiger partial charge in [-0.3, -0.25) is 0 Å². The maximum atomic E-state index is 14.1. The SMILES string of the molecule is O=C(OC1/C(=C/c2ccccc2F)N2CCC1CC2)c1ccccc1. The summed E-state index contributed by atoms with van der Waals surface area (Å²) in [6.45, 7) is 1.87. The van der Waals surface area contributed by atoms with E-state index in [0.29, 0.717) is 17.0 Å². The number of hydrogen-bond donors (Lipinski definition) is 0. The lowest BCUT2D eigenvalue weighted by molar-refractivity contribution is -0.0161. The summed E-state index contributed by atoms with van der Waals surface area (Å²) in [4.78, 5) is 14.7. The van der Waals surface area contributed by atoms with Gasteiger partial charge in [0.2, 0.25) is 0 Å². The summed E-state index contributed by atoms with van der Waals surface area (Å²) in [7, 11) is 0. The van der Waals surface area contributed by atoms with E-state index in [4.69, 9.17) is 4.74 Å². The van der Waals surface area contributed by atoms with Crippen molar-refractivity contribution in [1.82, 2.24) is 4.90 Å². The Morgan fingerprint density at radius 1 is 1.04 bits per heavy atom. The third-order valence-electron chi connectivity index (χ3n) is 5.08.